The average molecular weight is 207 g/mol. The maximum absolute atomic E-state index is 5.81. The summed E-state index contributed by atoms with van der Waals surface area (Å²) in [7, 11) is 0. The predicted molar refractivity (Wildman–Crippen MR) is 64.0 cm³/mol. The number of ether oxygens (including phenoxy) is 1. The molecule has 0 aliphatic carbocycles. The molecule has 0 radical (unpaired) electrons. The number of hydrogen-bond acceptors (Lipinski definition) is 2. The van der Waals surface area contributed by atoms with Gasteiger partial charge in [-0.15, -0.1) is 0 Å². The van der Waals surface area contributed by atoms with Crippen LogP contribution in [0.2, 0.25) is 0 Å². The van der Waals surface area contributed by atoms with Crippen molar-refractivity contribution in [2.45, 2.75) is 33.2 Å². The summed E-state index contributed by atoms with van der Waals surface area (Å²) in [5.41, 5.74) is 6.93. The minimum atomic E-state index is 0.0668. The number of hydrogen-bond donors (Lipinski definition) is 1. The van der Waals surface area contributed by atoms with E-state index in [1.807, 2.05) is 31.2 Å². The van der Waals surface area contributed by atoms with Gasteiger partial charge in [-0.3, -0.25) is 0 Å². The van der Waals surface area contributed by atoms with E-state index in [1.54, 1.807) is 0 Å². The van der Waals surface area contributed by atoms with Crippen LogP contribution in [0.4, 0.5) is 0 Å². The van der Waals surface area contributed by atoms with Crippen molar-refractivity contribution in [1.82, 2.24) is 0 Å². The van der Waals surface area contributed by atoms with Gasteiger partial charge in [0.2, 0.25) is 0 Å². The Morgan fingerprint density at radius 2 is 2.07 bits per heavy atom. The van der Waals surface area contributed by atoms with E-state index in [-0.39, 0.29) is 6.04 Å². The smallest absolute Gasteiger partial charge is 0.119 e. The van der Waals surface area contributed by atoms with Gasteiger partial charge in [0.05, 0.1) is 6.61 Å². The van der Waals surface area contributed by atoms with Gasteiger partial charge < -0.3 is 10.5 Å². The van der Waals surface area contributed by atoms with Crippen LogP contribution in [0, 0.1) is 5.92 Å². The second kappa shape index (κ2) is 5.76. The fourth-order valence-corrected chi connectivity index (χ4v) is 1.24. The summed E-state index contributed by atoms with van der Waals surface area (Å²) in [6.45, 7) is 7.12. The predicted octanol–water partition coefficient (Wildman–Crippen LogP) is 3.13. The molecule has 15 heavy (non-hydrogen) atoms. The minimum absolute atomic E-state index is 0.0668. The standard InChI is InChI=1S/C13H21NO/c1-4-10(2)9-15-13-7-5-6-12(8-13)11(3)14/h5-8,10-11H,4,9,14H2,1-3H3. The molecule has 2 nitrogen and oxygen atoms in total. The van der Waals surface area contributed by atoms with Gasteiger partial charge in [-0.25, -0.2) is 0 Å². The average Bonchev–Trinajstić information content (AvgIpc) is 2.26. The number of nitrogens with two attached hydrogens (primary N) is 1. The van der Waals surface area contributed by atoms with E-state index in [9.17, 15) is 0 Å². The van der Waals surface area contributed by atoms with Gasteiger partial charge >= 0.3 is 0 Å². The molecule has 0 heterocycles. The Morgan fingerprint density at radius 3 is 2.67 bits per heavy atom. The van der Waals surface area contributed by atoms with E-state index in [2.05, 4.69) is 13.8 Å². The van der Waals surface area contributed by atoms with Crippen LogP contribution in [0.25, 0.3) is 0 Å². The molecule has 0 fully saturated rings. The Hall–Kier alpha value is -1.02. The second-order valence-electron chi connectivity index (χ2n) is 4.19. The summed E-state index contributed by atoms with van der Waals surface area (Å²) in [6.07, 6.45) is 1.15. The monoisotopic (exact) mass is 207 g/mol. The van der Waals surface area contributed by atoms with E-state index in [1.165, 1.54) is 0 Å². The van der Waals surface area contributed by atoms with Gasteiger partial charge in [-0.05, 0) is 30.5 Å². The molecule has 0 aromatic heterocycles. The lowest BCUT2D eigenvalue weighted by Crippen LogP contribution is -2.08. The van der Waals surface area contributed by atoms with Crippen LogP contribution >= 0.6 is 0 Å². The van der Waals surface area contributed by atoms with Crippen molar-refractivity contribution in [3.63, 3.8) is 0 Å². The van der Waals surface area contributed by atoms with Crippen molar-refractivity contribution in [3.8, 4) is 5.75 Å². The topological polar surface area (TPSA) is 35.2 Å². The van der Waals surface area contributed by atoms with Gasteiger partial charge in [0.1, 0.15) is 5.75 Å². The molecule has 0 spiro atoms. The first-order chi connectivity index (χ1) is 7.13. The van der Waals surface area contributed by atoms with Crippen molar-refractivity contribution in [2.24, 2.45) is 11.7 Å². The van der Waals surface area contributed by atoms with Gasteiger partial charge in [0.25, 0.3) is 0 Å². The summed E-state index contributed by atoms with van der Waals surface area (Å²) >= 11 is 0. The molecule has 2 unspecified atom stereocenters. The van der Waals surface area contributed by atoms with Crippen LogP contribution in [-0.2, 0) is 0 Å². The van der Waals surface area contributed by atoms with E-state index in [0.29, 0.717) is 5.92 Å². The molecule has 0 aliphatic heterocycles. The summed E-state index contributed by atoms with van der Waals surface area (Å²) < 4.78 is 5.69. The largest absolute Gasteiger partial charge is 0.493 e. The molecule has 0 saturated carbocycles. The lowest BCUT2D eigenvalue weighted by molar-refractivity contribution is 0.256. The Bertz CT molecular complexity index is 296. The molecule has 0 aliphatic rings. The minimum Gasteiger partial charge on any atom is -0.493 e. The first-order valence-electron chi connectivity index (χ1n) is 5.61. The van der Waals surface area contributed by atoms with Crippen molar-refractivity contribution in [1.29, 1.82) is 0 Å². The summed E-state index contributed by atoms with van der Waals surface area (Å²) in [5.74, 6) is 1.52. The van der Waals surface area contributed by atoms with Crippen molar-refractivity contribution in [3.05, 3.63) is 29.8 Å². The Morgan fingerprint density at radius 1 is 1.33 bits per heavy atom. The zero-order chi connectivity index (χ0) is 11.3. The molecular weight excluding hydrogens is 186 g/mol. The van der Waals surface area contributed by atoms with Crippen LogP contribution in [0.15, 0.2) is 24.3 Å². The maximum atomic E-state index is 5.81. The highest BCUT2D eigenvalue weighted by molar-refractivity contribution is 5.30. The van der Waals surface area contributed by atoms with Crippen molar-refractivity contribution >= 4 is 0 Å². The molecule has 0 bridgehead atoms. The van der Waals surface area contributed by atoms with E-state index in [4.69, 9.17) is 10.5 Å². The van der Waals surface area contributed by atoms with E-state index < -0.39 is 0 Å². The Balaban J connectivity index is 2.58. The lowest BCUT2D eigenvalue weighted by atomic mass is 10.1. The van der Waals surface area contributed by atoms with Crippen molar-refractivity contribution in [2.75, 3.05) is 6.61 Å². The number of benzene rings is 1. The summed E-state index contributed by atoms with van der Waals surface area (Å²) in [4.78, 5) is 0. The fraction of sp³-hybridized carbons (Fsp3) is 0.538. The molecule has 2 N–H and O–H groups in total. The lowest BCUT2D eigenvalue weighted by Gasteiger charge is -2.12. The highest BCUT2D eigenvalue weighted by Crippen LogP contribution is 2.18. The SMILES string of the molecule is CCC(C)COc1cccc(C(C)N)c1. The van der Waals surface area contributed by atoms with Gasteiger partial charge in [0.15, 0.2) is 0 Å². The zero-order valence-corrected chi connectivity index (χ0v) is 9.86. The third-order valence-electron chi connectivity index (χ3n) is 2.62. The highest BCUT2D eigenvalue weighted by Gasteiger charge is 2.03. The summed E-state index contributed by atoms with van der Waals surface area (Å²) in [6, 6.07) is 8.09. The Kier molecular flexibility index (Phi) is 4.63. The first-order valence-corrected chi connectivity index (χ1v) is 5.61. The molecule has 2 heteroatoms. The van der Waals surface area contributed by atoms with Gasteiger partial charge in [0, 0.05) is 6.04 Å². The van der Waals surface area contributed by atoms with Crippen LogP contribution in [0.1, 0.15) is 38.8 Å². The maximum Gasteiger partial charge on any atom is 0.119 e. The normalized spacial score (nSPS) is 14.7. The fourth-order valence-electron chi connectivity index (χ4n) is 1.24. The molecule has 1 rings (SSSR count). The van der Waals surface area contributed by atoms with Crippen molar-refractivity contribution < 1.29 is 4.74 Å². The van der Waals surface area contributed by atoms with E-state index in [0.717, 1.165) is 24.3 Å². The van der Waals surface area contributed by atoms with Crippen LogP contribution in [0.3, 0.4) is 0 Å². The van der Waals surface area contributed by atoms with Crippen LogP contribution in [0.5, 0.6) is 5.75 Å². The molecule has 2 atom stereocenters. The molecule has 0 amide bonds. The molecule has 1 aromatic carbocycles. The molecule has 84 valence electrons. The first kappa shape index (κ1) is 12.1. The van der Waals surface area contributed by atoms with Crippen LogP contribution in [-0.4, -0.2) is 6.61 Å². The van der Waals surface area contributed by atoms with E-state index >= 15 is 0 Å². The van der Waals surface area contributed by atoms with Gasteiger partial charge in [-0.1, -0.05) is 32.4 Å². The van der Waals surface area contributed by atoms with Gasteiger partial charge in [-0.2, -0.15) is 0 Å². The quantitative estimate of drug-likeness (QED) is 0.805. The second-order valence-corrected chi connectivity index (χ2v) is 4.19. The zero-order valence-electron chi connectivity index (χ0n) is 9.86. The molecule has 1 aromatic rings. The third kappa shape index (κ3) is 3.92. The molecule has 0 saturated heterocycles. The summed E-state index contributed by atoms with van der Waals surface area (Å²) in [5, 5.41) is 0. The Labute approximate surface area is 92.4 Å². The van der Waals surface area contributed by atoms with Crippen LogP contribution < -0.4 is 10.5 Å². The highest BCUT2D eigenvalue weighted by atomic mass is 16.5. The number of rotatable bonds is 5. The third-order valence-corrected chi connectivity index (χ3v) is 2.62. The molecular formula is C13H21NO.